The Morgan fingerprint density at radius 2 is 1.77 bits per heavy atom. The molecule has 2 atom stereocenters. The lowest BCUT2D eigenvalue weighted by Gasteiger charge is -2.34. The number of amides is 3. The summed E-state index contributed by atoms with van der Waals surface area (Å²) in [7, 11) is 0. The predicted octanol–water partition coefficient (Wildman–Crippen LogP) is 2.23. The third-order valence-electron chi connectivity index (χ3n) is 4.90. The number of nitrogens with zero attached hydrogens (tertiary/aromatic N) is 1. The molecule has 0 radical (unpaired) electrons. The quantitative estimate of drug-likeness (QED) is 0.380. The van der Waals surface area contributed by atoms with Crippen LogP contribution < -0.4 is 10.6 Å². The summed E-state index contributed by atoms with van der Waals surface area (Å²) < 4.78 is 10.1. The summed E-state index contributed by atoms with van der Waals surface area (Å²) in [5.74, 6) is -1.56. The van der Waals surface area contributed by atoms with Gasteiger partial charge in [0.1, 0.15) is 17.7 Å². The summed E-state index contributed by atoms with van der Waals surface area (Å²) in [4.78, 5) is 52.1. The summed E-state index contributed by atoms with van der Waals surface area (Å²) in [6.07, 6.45) is -0.344. The molecule has 0 fully saturated rings. The Hall–Kier alpha value is -3.14. The summed E-state index contributed by atoms with van der Waals surface area (Å²) >= 11 is 0. The lowest BCUT2D eigenvalue weighted by atomic mass is 9.98. The van der Waals surface area contributed by atoms with Gasteiger partial charge in [-0.2, -0.15) is 0 Å². The zero-order valence-corrected chi connectivity index (χ0v) is 21.6. The summed E-state index contributed by atoms with van der Waals surface area (Å²) in [6.45, 7) is 10.2. The van der Waals surface area contributed by atoms with Crippen LogP contribution in [-0.4, -0.2) is 71.8 Å². The van der Waals surface area contributed by atoms with E-state index in [4.69, 9.17) is 9.47 Å². The molecule has 3 N–H and O–H groups in total. The van der Waals surface area contributed by atoms with Crippen molar-refractivity contribution in [2.45, 2.75) is 72.1 Å². The lowest BCUT2D eigenvalue weighted by Crippen LogP contribution is -2.54. The smallest absolute Gasteiger partial charge is 0.408 e. The van der Waals surface area contributed by atoms with Crippen molar-refractivity contribution < 1.29 is 33.8 Å². The van der Waals surface area contributed by atoms with Crippen LogP contribution in [0.3, 0.4) is 0 Å². The van der Waals surface area contributed by atoms with E-state index in [2.05, 4.69) is 10.6 Å². The topological polar surface area (TPSA) is 134 Å². The number of carbonyl (C=O) groups excluding carboxylic acids is 4. The molecule has 0 bridgehead atoms. The molecule has 0 aromatic heterocycles. The number of aliphatic hydroxyl groups is 1. The second kappa shape index (κ2) is 14.3. The predicted molar refractivity (Wildman–Crippen MR) is 130 cm³/mol. The SMILES string of the molecule is CCCN(C(=O)C(CO)NC(=O)OC(C)(C)C)C(C(=O)NCCC(=O)OCC)c1ccccc1C. The van der Waals surface area contributed by atoms with Crippen LogP contribution in [0.1, 0.15) is 64.6 Å². The van der Waals surface area contributed by atoms with E-state index in [0.29, 0.717) is 12.0 Å². The Labute approximate surface area is 207 Å². The molecular weight excluding hydrogens is 454 g/mol. The Balaban J connectivity index is 3.24. The van der Waals surface area contributed by atoms with Crippen LogP contribution in [0.5, 0.6) is 0 Å². The maximum absolute atomic E-state index is 13.5. The first-order valence-corrected chi connectivity index (χ1v) is 11.8. The molecule has 2 unspecified atom stereocenters. The highest BCUT2D eigenvalue weighted by Crippen LogP contribution is 2.26. The highest BCUT2D eigenvalue weighted by Gasteiger charge is 2.36. The monoisotopic (exact) mass is 493 g/mol. The van der Waals surface area contributed by atoms with Crippen molar-refractivity contribution in [1.82, 2.24) is 15.5 Å². The number of alkyl carbamates (subject to hydrolysis) is 1. The van der Waals surface area contributed by atoms with Gasteiger partial charge in [-0.1, -0.05) is 31.2 Å². The van der Waals surface area contributed by atoms with Gasteiger partial charge in [0.25, 0.3) is 0 Å². The number of aryl methyl sites for hydroxylation is 1. The maximum atomic E-state index is 13.5. The molecule has 196 valence electrons. The Morgan fingerprint density at radius 1 is 1.11 bits per heavy atom. The van der Waals surface area contributed by atoms with E-state index in [1.807, 2.05) is 26.0 Å². The molecule has 0 aliphatic rings. The van der Waals surface area contributed by atoms with Gasteiger partial charge in [-0.3, -0.25) is 14.4 Å². The van der Waals surface area contributed by atoms with Gasteiger partial charge in [0.05, 0.1) is 19.6 Å². The Bertz CT molecular complexity index is 867. The second-order valence-corrected chi connectivity index (χ2v) is 9.02. The van der Waals surface area contributed by atoms with Crippen molar-refractivity contribution in [1.29, 1.82) is 0 Å². The first-order valence-electron chi connectivity index (χ1n) is 11.8. The highest BCUT2D eigenvalue weighted by atomic mass is 16.6. The van der Waals surface area contributed by atoms with E-state index in [0.717, 1.165) is 5.56 Å². The van der Waals surface area contributed by atoms with Gasteiger partial charge in [0.2, 0.25) is 11.8 Å². The average Bonchev–Trinajstić information content (AvgIpc) is 2.76. The number of hydrogen-bond acceptors (Lipinski definition) is 7. The van der Waals surface area contributed by atoms with Crippen molar-refractivity contribution in [3.63, 3.8) is 0 Å². The molecule has 0 spiro atoms. The standard InChI is InChI=1S/C25H39N3O7/c1-7-15-28(23(32)19(16-29)27-24(33)35-25(4,5)6)21(18-12-10-9-11-17(18)3)22(31)26-14-13-20(30)34-8-2/h9-12,19,21,29H,7-8,13-16H2,1-6H3,(H,26,31)(H,27,33). The fourth-order valence-electron chi connectivity index (χ4n) is 3.40. The van der Waals surface area contributed by atoms with Crippen molar-refractivity contribution >= 4 is 23.9 Å². The minimum atomic E-state index is -1.31. The minimum absolute atomic E-state index is 0.0126. The summed E-state index contributed by atoms with van der Waals surface area (Å²) in [6, 6.07) is 4.80. The molecule has 0 saturated carbocycles. The van der Waals surface area contributed by atoms with Crippen molar-refractivity contribution in [3.05, 3.63) is 35.4 Å². The molecule has 1 aromatic carbocycles. The third-order valence-corrected chi connectivity index (χ3v) is 4.90. The fraction of sp³-hybridized carbons (Fsp3) is 0.600. The van der Waals surface area contributed by atoms with Crippen molar-refractivity contribution in [2.24, 2.45) is 0 Å². The third kappa shape index (κ3) is 9.94. The zero-order valence-electron chi connectivity index (χ0n) is 21.6. The number of aliphatic hydroxyl groups excluding tert-OH is 1. The number of carbonyl (C=O) groups is 4. The van der Waals surface area contributed by atoms with Gasteiger partial charge in [0.15, 0.2) is 0 Å². The number of hydrogen-bond donors (Lipinski definition) is 3. The summed E-state index contributed by atoms with van der Waals surface area (Å²) in [5.41, 5.74) is 0.586. The van der Waals surface area contributed by atoms with Gasteiger partial charge >= 0.3 is 12.1 Å². The number of rotatable bonds is 12. The van der Waals surface area contributed by atoms with Gasteiger partial charge < -0.3 is 30.1 Å². The van der Waals surface area contributed by atoms with Gasteiger partial charge in [-0.25, -0.2) is 4.79 Å². The normalized spacial score (nSPS) is 12.8. The first kappa shape index (κ1) is 29.9. The molecule has 0 heterocycles. The molecule has 1 aromatic rings. The molecule has 3 amide bonds. The molecule has 0 aliphatic heterocycles. The van der Waals surface area contributed by atoms with Gasteiger partial charge in [-0.05, 0) is 52.2 Å². The molecule has 10 heteroatoms. The molecule has 1 rings (SSSR count). The lowest BCUT2D eigenvalue weighted by molar-refractivity contribution is -0.144. The molecule has 0 aliphatic carbocycles. The highest BCUT2D eigenvalue weighted by molar-refractivity contribution is 5.92. The Kier molecular flexibility index (Phi) is 12.2. The van der Waals surface area contributed by atoms with Crippen LogP contribution in [-0.2, 0) is 23.9 Å². The van der Waals surface area contributed by atoms with E-state index in [1.165, 1.54) is 4.90 Å². The molecule has 10 nitrogen and oxygen atoms in total. The number of ether oxygens (including phenoxy) is 2. The van der Waals surface area contributed by atoms with Crippen molar-refractivity contribution in [2.75, 3.05) is 26.3 Å². The van der Waals surface area contributed by atoms with Crippen LogP contribution in [0.2, 0.25) is 0 Å². The van der Waals surface area contributed by atoms with E-state index in [1.54, 1.807) is 39.8 Å². The zero-order chi connectivity index (χ0) is 26.6. The van der Waals surface area contributed by atoms with Gasteiger partial charge in [-0.15, -0.1) is 0 Å². The van der Waals surface area contributed by atoms with Crippen LogP contribution in [0.4, 0.5) is 4.79 Å². The Morgan fingerprint density at radius 3 is 2.31 bits per heavy atom. The fourth-order valence-corrected chi connectivity index (χ4v) is 3.40. The van der Waals surface area contributed by atoms with E-state index < -0.39 is 48.2 Å². The van der Waals surface area contributed by atoms with E-state index in [-0.39, 0.29) is 26.1 Å². The molecule has 35 heavy (non-hydrogen) atoms. The minimum Gasteiger partial charge on any atom is -0.466 e. The van der Waals surface area contributed by atoms with Crippen LogP contribution in [0, 0.1) is 6.92 Å². The van der Waals surface area contributed by atoms with Crippen molar-refractivity contribution in [3.8, 4) is 0 Å². The second-order valence-electron chi connectivity index (χ2n) is 9.02. The van der Waals surface area contributed by atoms with Crippen LogP contribution in [0.25, 0.3) is 0 Å². The van der Waals surface area contributed by atoms with Gasteiger partial charge in [0, 0.05) is 13.1 Å². The molecular formula is C25H39N3O7. The maximum Gasteiger partial charge on any atom is 0.408 e. The first-order chi connectivity index (χ1) is 16.4. The average molecular weight is 494 g/mol. The molecule has 0 saturated heterocycles. The van der Waals surface area contributed by atoms with Crippen LogP contribution >= 0.6 is 0 Å². The van der Waals surface area contributed by atoms with E-state index in [9.17, 15) is 24.3 Å². The summed E-state index contributed by atoms with van der Waals surface area (Å²) in [5, 5.41) is 15.0. The number of nitrogens with one attached hydrogen (secondary N) is 2. The van der Waals surface area contributed by atoms with Crippen LogP contribution in [0.15, 0.2) is 24.3 Å². The number of benzene rings is 1. The largest absolute Gasteiger partial charge is 0.466 e. The van der Waals surface area contributed by atoms with E-state index >= 15 is 0 Å². The number of esters is 1.